The van der Waals surface area contributed by atoms with E-state index < -0.39 is 17.9 Å². The van der Waals surface area contributed by atoms with Crippen molar-refractivity contribution in [2.75, 3.05) is 19.7 Å². The highest BCUT2D eigenvalue weighted by molar-refractivity contribution is 5.80. The van der Waals surface area contributed by atoms with Gasteiger partial charge in [0.25, 0.3) is 0 Å². The number of rotatable bonds is 7. The lowest BCUT2D eigenvalue weighted by atomic mass is 10.1. The van der Waals surface area contributed by atoms with Gasteiger partial charge >= 0.3 is 5.97 Å². The summed E-state index contributed by atoms with van der Waals surface area (Å²) in [4.78, 5) is 11.7. The van der Waals surface area contributed by atoms with E-state index in [-0.39, 0.29) is 6.61 Å². The molecule has 0 aromatic carbocycles. The Morgan fingerprint density at radius 3 is 3.11 bits per heavy atom. The van der Waals surface area contributed by atoms with Gasteiger partial charge in [0, 0.05) is 0 Å². The first-order chi connectivity index (χ1) is 8.58. The van der Waals surface area contributed by atoms with Gasteiger partial charge < -0.3 is 15.6 Å². The molecular formula is C12H23N3O3. The fraction of sp³-hybridized carbons (Fsp3) is 0.750. The molecule has 1 saturated heterocycles. The highest BCUT2D eigenvalue weighted by Crippen LogP contribution is 2.14. The molecule has 2 unspecified atom stereocenters. The van der Waals surface area contributed by atoms with Crippen molar-refractivity contribution in [3.63, 3.8) is 0 Å². The zero-order chi connectivity index (χ0) is 13.4. The van der Waals surface area contributed by atoms with Gasteiger partial charge in [-0.25, -0.2) is 4.79 Å². The lowest BCUT2D eigenvalue weighted by molar-refractivity contribution is -0.150. The fourth-order valence-electron chi connectivity index (χ4n) is 1.79. The molecule has 104 valence electrons. The number of hydrogen-bond acceptors (Lipinski definition) is 6. The molecule has 1 aliphatic heterocycles. The van der Waals surface area contributed by atoms with Crippen LogP contribution in [0.15, 0.2) is 12.2 Å². The van der Waals surface area contributed by atoms with Crippen molar-refractivity contribution in [1.82, 2.24) is 10.6 Å². The summed E-state index contributed by atoms with van der Waals surface area (Å²) in [6.07, 6.45) is 4.81. The Bertz CT molecular complexity index is 288. The number of nitrogens with two attached hydrogens (primary N) is 1. The van der Waals surface area contributed by atoms with Crippen molar-refractivity contribution < 1.29 is 14.6 Å². The Morgan fingerprint density at radius 1 is 1.72 bits per heavy atom. The Morgan fingerprint density at radius 2 is 2.50 bits per heavy atom. The molecule has 0 aliphatic carbocycles. The average Bonchev–Trinajstić information content (AvgIpc) is 2.77. The highest BCUT2D eigenvalue weighted by Gasteiger charge is 2.38. The minimum absolute atomic E-state index is 0.273. The van der Waals surface area contributed by atoms with Crippen LogP contribution in [0, 0.1) is 0 Å². The SMILES string of the molecule is CCNC(O)/C=C/CCOC(=O)C1(N)CCCN1. The average molecular weight is 257 g/mol. The van der Waals surface area contributed by atoms with Gasteiger partial charge in [-0.15, -0.1) is 0 Å². The molecule has 0 radical (unpaired) electrons. The first-order valence-electron chi connectivity index (χ1n) is 6.38. The maximum atomic E-state index is 11.7. The van der Waals surface area contributed by atoms with Crippen LogP contribution >= 0.6 is 0 Å². The molecule has 0 spiro atoms. The third kappa shape index (κ3) is 4.73. The molecule has 1 fully saturated rings. The number of aliphatic hydroxyl groups excluding tert-OH is 1. The molecular weight excluding hydrogens is 234 g/mol. The fourth-order valence-corrected chi connectivity index (χ4v) is 1.79. The number of carbonyl (C=O) groups is 1. The first kappa shape index (κ1) is 15.1. The minimum atomic E-state index is -1.01. The van der Waals surface area contributed by atoms with E-state index in [4.69, 9.17) is 10.5 Å². The van der Waals surface area contributed by atoms with Crippen LogP contribution in [0.5, 0.6) is 0 Å². The van der Waals surface area contributed by atoms with Crippen molar-refractivity contribution >= 4 is 5.97 Å². The summed E-state index contributed by atoms with van der Waals surface area (Å²) >= 11 is 0. The Hall–Kier alpha value is -0.950. The Kier molecular flexibility index (Phi) is 6.28. The van der Waals surface area contributed by atoms with Crippen molar-refractivity contribution in [3.05, 3.63) is 12.2 Å². The van der Waals surface area contributed by atoms with E-state index in [1.165, 1.54) is 0 Å². The second kappa shape index (κ2) is 7.48. The zero-order valence-electron chi connectivity index (χ0n) is 10.8. The van der Waals surface area contributed by atoms with Crippen molar-refractivity contribution in [2.24, 2.45) is 5.73 Å². The molecule has 0 bridgehead atoms. The van der Waals surface area contributed by atoms with Crippen LogP contribution in [0.2, 0.25) is 0 Å². The van der Waals surface area contributed by atoms with E-state index in [1.807, 2.05) is 6.92 Å². The third-order valence-corrected chi connectivity index (χ3v) is 2.80. The molecule has 0 amide bonds. The van der Waals surface area contributed by atoms with Gasteiger partial charge in [0.15, 0.2) is 5.66 Å². The Labute approximate surface area is 108 Å². The van der Waals surface area contributed by atoms with E-state index in [9.17, 15) is 9.90 Å². The summed E-state index contributed by atoms with van der Waals surface area (Å²) in [6.45, 7) is 3.63. The standard InChI is InChI=1S/C12H23N3O3/c1-2-14-10(16)6-3-4-9-18-11(17)12(13)7-5-8-15-12/h3,6,10,14-16H,2,4-5,7-9,13H2,1H3/b6-3+. The zero-order valence-corrected chi connectivity index (χ0v) is 10.8. The maximum absolute atomic E-state index is 11.7. The van der Waals surface area contributed by atoms with Crippen LogP contribution in [0.25, 0.3) is 0 Å². The summed E-state index contributed by atoms with van der Waals surface area (Å²) in [5.74, 6) is -0.402. The van der Waals surface area contributed by atoms with Crippen LogP contribution in [0.3, 0.4) is 0 Å². The summed E-state index contributed by atoms with van der Waals surface area (Å²) in [7, 11) is 0. The van der Waals surface area contributed by atoms with Gasteiger partial charge in [-0.2, -0.15) is 0 Å². The van der Waals surface area contributed by atoms with Gasteiger partial charge in [0.2, 0.25) is 0 Å². The van der Waals surface area contributed by atoms with E-state index in [0.29, 0.717) is 19.4 Å². The molecule has 1 heterocycles. The van der Waals surface area contributed by atoms with Gasteiger partial charge in [-0.3, -0.25) is 10.6 Å². The van der Waals surface area contributed by atoms with E-state index in [2.05, 4.69) is 10.6 Å². The largest absolute Gasteiger partial charge is 0.463 e. The molecule has 0 aromatic rings. The number of hydrogen-bond donors (Lipinski definition) is 4. The van der Waals surface area contributed by atoms with Crippen molar-refractivity contribution in [2.45, 2.75) is 38.1 Å². The lowest BCUT2D eigenvalue weighted by Gasteiger charge is -2.21. The lowest BCUT2D eigenvalue weighted by Crippen LogP contribution is -2.56. The molecule has 0 saturated carbocycles. The molecule has 6 heteroatoms. The van der Waals surface area contributed by atoms with E-state index in [1.54, 1.807) is 12.2 Å². The molecule has 0 aromatic heterocycles. The number of carbonyl (C=O) groups excluding carboxylic acids is 1. The maximum Gasteiger partial charge on any atom is 0.341 e. The second-order valence-electron chi connectivity index (χ2n) is 4.36. The van der Waals surface area contributed by atoms with Gasteiger partial charge in [0.1, 0.15) is 6.23 Å². The number of esters is 1. The molecule has 5 N–H and O–H groups in total. The number of ether oxygens (including phenoxy) is 1. The van der Waals surface area contributed by atoms with E-state index >= 15 is 0 Å². The van der Waals surface area contributed by atoms with Crippen LogP contribution in [0.1, 0.15) is 26.2 Å². The number of aliphatic hydroxyl groups is 1. The monoisotopic (exact) mass is 257 g/mol. The van der Waals surface area contributed by atoms with Crippen LogP contribution < -0.4 is 16.4 Å². The second-order valence-corrected chi connectivity index (χ2v) is 4.36. The summed E-state index contributed by atoms with van der Waals surface area (Å²) in [5, 5.41) is 15.1. The van der Waals surface area contributed by atoms with Crippen LogP contribution in [0.4, 0.5) is 0 Å². The predicted molar refractivity (Wildman–Crippen MR) is 68.6 cm³/mol. The predicted octanol–water partition coefficient (Wildman–Crippen LogP) is -0.558. The molecule has 6 nitrogen and oxygen atoms in total. The van der Waals surface area contributed by atoms with Gasteiger partial charge in [-0.1, -0.05) is 13.0 Å². The summed E-state index contributed by atoms with van der Waals surface area (Å²) in [6, 6.07) is 0. The Balaban J connectivity index is 2.16. The molecule has 1 rings (SSSR count). The number of likely N-dealkylation sites (N-methyl/N-ethyl adjacent to an activating group) is 1. The highest BCUT2D eigenvalue weighted by atomic mass is 16.5. The molecule has 18 heavy (non-hydrogen) atoms. The van der Waals surface area contributed by atoms with Crippen molar-refractivity contribution in [3.8, 4) is 0 Å². The minimum Gasteiger partial charge on any atom is -0.463 e. The summed E-state index contributed by atoms with van der Waals surface area (Å²) < 4.78 is 5.09. The topological polar surface area (TPSA) is 96.6 Å². The normalized spacial score (nSPS) is 25.5. The number of nitrogens with one attached hydrogen (secondary N) is 2. The van der Waals surface area contributed by atoms with Gasteiger partial charge in [0.05, 0.1) is 6.61 Å². The third-order valence-electron chi connectivity index (χ3n) is 2.80. The first-order valence-corrected chi connectivity index (χ1v) is 6.38. The molecule has 2 atom stereocenters. The van der Waals surface area contributed by atoms with E-state index in [0.717, 1.165) is 13.0 Å². The van der Waals surface area contributed by atoms with Crippen LogP contribution in [-0.4, -0.2) is 42.7 Å². The quantitative estimate of drug-likeness (QED) is 0.211. The van der Waals surface area contributed by atoms with Gasteiger partial charge in [-0.05, 0) is 38.4 Å². The van der Waals surface area contributed by atoms with Crippen LogP contribution in [-0.2, 0) is 9.53 Å². The summed E-state index contributed by atoms with van der Waals surface area (Å²) in [5.41, 5.74) is 4.84. The molecule has 1 aliphatic rings. The van der Waals surface area contributed by atoms with Crippen molar-refractivity contribution in [1.29, 1.82) is 0 Å². The smallest absolute Gasteiger partial charge is 0.341 e.